The first-order chi connectivity index (χ1) is 8.50. The fourth-order valence-electron chi connectivity index (χ4n) is 2.86. The number of carbonyl (C=O) groups excluding carboxylic acids is 1. The monoisotopic (exact) mass is 254 g/mol. The van der Waals surface area contributed by atoms with Gasteiger partial charge in [-0.05, 0) is 31.1 Å². The van der Waals surface area contributed by atoms with Gasteiger partial charge in [0.1, 0.15) is 0 Å². The van der Waals surface area contributed by atoms with E-state index in [9.17, 15) is 9.59 Å². The maximum absolute atomic E-state index is 12.0. The van der Waals surface area contributed by atoms with Crippen LogP contribution in [-0.4, -0.2) is 41.1 Å². The summed E-state index contributed by atoms with van der Waals surface area (Å²) >= 11 is 0. The first-order valence-electron chi connectivity index (χ1n) is 6.76. The lowest BCUT2D eigenvalue weighted by atomic mass is 9.70. The van der Waals surface area contributed by atoms with Gasteiger partial charge in [0, 0.05) is 19.1 Å². The van der Waals surface area contributed by atoms with Crippen LogP contribution in [0.1, 0.15) is 45.4 Å². The van der Waals surface area contributed by atoms with Gasteiger partial charge < -0.3 is 15.3 Å². The van der Waals surface area contributed by atoms with Crippen molar-refractivity contribution in [2.75, 3.05) is 13.1 Å². The fourth-order valence-corrected chi connectivity index (χ4v) is 2.86. The third-order valence-electron chi connectivity index (χ3n) is 4.28. The molecule has 0 bridgehead atoms. The van der Waals surface area contributed by atoms with Crippen molar-refractivity contribution in [1.29, 1.82) is 0 Å². The lowest BCUT2D eigenvalue weighted by Gasteiger charge is -2.39. The summed E-state index contributed by atoms with van der Waals surface area (Å²) in [5, 5.41) is 11.8. The zero-order chi connectivity index (χ0) is 13.2. The number of carboxylic acids is 1. The van der Waals surface area contributed by atoms with Crippen LogP contribution < -0.4 is 5.32 Å². The van der Waals surface area contributed by atoms with Gasteiger partial charge in [-0.15, -0.1) is 0 Å². The normalized spacial score (nSPS) is 25.6. The predicted molar refractivity (Wildman–Crippen MR) is 67.3 cm³/mol. The molecule has 0 aromatic carbocycles. The molecule has 0 spiro atoms. The highest BCUT2D eigenvalue weighted by Gasteiger charge is 2.34. The van der Waals surface area contributed by atoms with Crippen LogP contribution in [0.25, 0.3) is 0 Å². The van der Waals surface area contributed by atoms with E-state index in [0.29, 0.717) is 13.1 Å². The van der Waals surface area contributed by atoms with E-state index in [1.165, 1.54) is 19.3 Å². The second-order valence-electron chi connectivity index (χ2n) is 5.91. The lowest BCUT2D eigenvalue weighted by Crippen LogP contribution is -2.48. The van der Waals surface area contributed by atoms with Gasteiger partial charge in [0.15, 0.2) is 0 Å². The highest BCUT2D eigenvalue weighted by Crippen LogP contribution is 2.39. The van der Waals surface area contributed by atoms with Crippen LogP contribution in [0.15, 0.2) is 0 Å². The maximum atomic E-state index is 12.0. The molecule has 1 heterocycles. The molecule has 102 valence electrons. The van der Waals surface area contributed by atoms with Gasteiger partial charge in [0.05, 0.1) is 6.42 Å². The zero-order valence-electron chi connectivity index (χ0n) is 10.9. The number of nitrogens with one attached hydrogen (secondary N) is 1. The van der Waals surface area contributed by atoms with E-state index < -0.39 is 5.97 Å². The average molecular weight is 254 g/mol. The summed E-state index contributed by atoms with van der Waals surface area (Å²) < 4.78 is 0. The van der Waals surface area contributed by atoms with E-state index in [1.807, 2.05) is 0 Å². The number of carbonyl (C=O) groups is 2. The molecule has 1 aliphatic heterocycles. The standard InChI is InChI=1S/C13H22N2O3/c1-13(5-3-6-13)9-14-12(18)15-7-2-4-10(15)8-11(16)17/h10H,2-9H2,1H3,(H,14,18)(H,16,17). The average Bonchev–Trinajstić information content (AvgIpc) is 2.70. The minimum atomic E-state index is -0.828. The topological polar surface area (TPSA) is 69.6 Å². The summed E-state index contributed by atoms with van der Waals surface area (Å²) in [7, 11) is 0. The molecule has 5 heteroatoms. The molecule has 2 fully saturated rings. The molecule has 18 heavy (non-hydrogen) atoms. The summed E-state index contributed by atoms with van der Waals surface area (Å²) in [4.78, 5) is 24.5. The Morgan fingerprint density at radius 3 is 2.67 bits per heavy atom. The summed E-state index contributed by atoms with van der Waals surface area (Å²) in [6, 6.07) is -0.219. The number of nitrogens with zero attached hydrogens (tertiary/aromatic N) is 1. The van der Waals surface area contributed by atoms with Crippen molar-refractivity contribution in [2.45, 2.75) is 51.5 Å². The van der Waals surface area contributed by atoms with Crippen molar-refractivity contribution < 1.29 is 14.7 Å². The van der Waals surface area contributed by atoms with Gasteiger partial charge in [-0.3, -0.25) is 4.79 Å². The smallest absolute Gasteiger partial charge is 0.317 e. The molecule has 2 N–H and O–H groups in total. The van der Waals surface area contributed by atoms with E-state index in [0.717, 1.165) is 12.8 Å². The zero-order valence-corrected chi connectivity index (χ0v) is 10.9. The van der Waals surface area contributed by atoms with E-state index in [-0.39, 0.29) is 23.9 Å². The number of aliphatic carboxylic acids is 1. The first kappa shape index (κ1) is 13.2. The Morgan fingerprint density at radius 1 is 1.39 bits per heavy atom. The molecule has 0 aromatic rings. The quantitative estimate of drug-likeness (QED) is 0.804. The third-order valence-corrected chi connectivity index (χ3v) is 4.28. The Balaban J connectivity index is 1.81. The molecule has 1 saturated carbocycles. The molecule has 0 aromatic heterocycles. The summed E-state index contributed by atoms with van der Waals surface area (Å²) in [5.41, 5.74) is 0.262. The van der Waals surface area contributed by atoms with Gasteiger partial charge in [0.25, 0.3) is 0 Å². The number of hydrogen-bond donors (Lipinski definition) is 2. The molecule has 1 saturated heterocycles. The third kappa shape index (κ3) is 2.94. The molecular formula is C13H22N2O3. The largest absolute Gasteiger partial charge is 0.481 e. The van der Waals surface area contributed by atoms with E-state index in [1.54, 1.807) is 4.90 Å². The Bertz CT molecular complexity index is 339. The van der Waals surface area contributed by atoms with Crippen LogP contribution in [0.3, 0.4) is 0 Å². The molecule has 1 atom stereocenters. The lowest BCUT2D eigenvalue weighted by molar-refractivity contribution is -0.137. The van der Waals surface area contributed by atoms with Gasteiger partial charge >= 0.3 is 12.0 Å². The minimum Gasteiger partial charge on any atom is -0.481 e. The van der Waals surface area contributed by atoms with Crippen molar-refractivity contribution in [3.05, 3.63) is 0 Å². The number of carboxylic acid groups (broad SMARTS) is 1. The summed E-state index contributed by atoms with van der Waals surface area (Å²) in [6.07, 6.45) is 5.36. The molecule has 2 rings (SSSR count). The van der Waals surface area contributed by atoms with Crippen molar-refractivity contribution in [3.8, 4) is 0 Å². The van der Waals surface area contributed by atoms with Gasteiger partial charge in [-0.1, -0.05) is 13.3 Å². The first-order valence-corrected chi connectivity index (χ1v) is 6.76. The fraction of sp³-hybridized carbons (Fsp3) is 0.846. The molecular weight excluding hydrogens is 232 g/mol. The highest BCUT2D eigenvalue weighted by molar-refractivity contribution is 5.76. The molecule has 1 unspecified atom stereocenters. The van der Waals surface area contributed by atoms with Crippen LogP contribution in [0.4, 0.5) is 4.79 Å². The Kier molecular flexibility index (Phi) is 3.78. The van der Waals surface area contributed by atoms with Crippen molar-refractivity contribution in [3.63, 3.8) is 0 Å². The second kappa shape index (κ2) is 5.16. The van der Waals surface area contributed by atoms with E-state index in [2.05, 4.69) is 12.2 Å². The van der Waals surface area contributed by atoms with Crippen LogP contribution in [0.5, 0.6) is 0 Å². The van der Waals surface area contributed by atoms with Crippen LogP contribution in [-0.2, 0) is 4.79 Å². The highest BCUT2D eigenvalue weighted by atomic mass is 16.4. The SMILES string of the molecule is CC1(CNC(=O)N2CCCC2CC(=O)O)CCC1. The summed E-state index contributed by atoms with van der Waals surface area (Å²) in [5.74, 6) is -0.828. The minimum absolute atomic E-state index is 0.0602. The molecule has 5 nitrogen and oxygen atoms in total. The number of urea groups is 1. The van der Waals surface area contributed by atoms with Crippen molar-refractivity contribution in [1.82, 2.24) is 10.2 Å². The Labute approximate surface area is 108 Å². The van der Waals surface area contributed by atoms with Gasteiger partial charge in [-0.25, -0.2) is 4.79 Å². The van der Waals surface area contributed by atoms with Crippen molar-refractivity contribution >= 4 is 12.0 Å². The predicted octanol–water partition coefficient (Wildman–Crippen LogP) is 1.83. The van der Waals surface area contributed by atoms with Crippen LogP contribution in [0.2, 0.25) is 0 Å². The number of rotatable bonds is 4. The van der Waals surface area contributed by atoms with Gasteiger partial charge in [-0.2, -0.15) is 0 Å². The van der Waals surface area contributed by atoms with E-state index in [4.69, 9.17) is 5.11 Å². The Hall–Kier alpha value is -1.26. The molecule has 0 radical (unpaired) electrons. The number of amides is 2. The number of hydrogen-bond acceptors (Lipinski definition) is 2. The van der Waals surface area contributed by atoms with Gasteiger partial charge in [0.2, 0.25) is 0 Å². The number of likely N-dealkylation sites (tertiary alicyclic amines) is 1. The second-order valence-corrected chi connectivity index (χ2v) is 5.91. The van der Waals surface area contributed by atoms with Crippen LogP contribution in [0, 0.1) is 5.41 Å². The molecule has 2 aliphatic rings. The van der Waals surface area contributed by atoms with Crippen molar-refractivity contribution in [2.24, 2.45) is 5.41 Å². The Morgan fingerprint density at radius 2 is 2.11 bits per heavy atom. The maximum Gasteiger partial charge on any atom is 0.317 e. The molecule has 1 aliphatic carbocycles. The molecule has 2 amide bonds. The summed E-state index contributed by atoms with van der Waals surface area (Å²) in [6.45, 7) is 3.58. The van der Waals surface area contributed by atoms with Crippen LogP contribution >= 0.6 is 0 Å². The van der Waals surface area contributed by atoms with E-state index >= 15 is 0 Å².